The molecule has 0 saturated heterocycles. The molecule has 4 aromatic rings. The summed E-state index contributed by atoms with van der Waals surface area (Å²) in [7, 11) is 0. The van der Waals surface area contributed by atoms with Gasteiger partial charge in [-0.25, -0.2) is 4.98 Å². The predicted molar refractivity (Wildman–Crippen MR) is 101 cm³/mol. The molecular weight excluding hydrogens is 316 g/mol. The number of halogens is 1. The maximum absolute atomic E-state index is 6.00. The van der Waals surface area contributed by atoms with Crippen molar-refractivity contribution in [2.45, 2.75) is 0 Å². The lowest BCUT2D eigenvalue weighted by molar-refractivity contribution is 1.26. The van der Waals surface area contributed by atoms with Crippen LogP contribution < -0.4 is 0 Å². The summed E-state index contributed by atoms with van der Waals surface area (Å²) in [5, 5.41) is 0.733. The van der Waals surface area contributed by atoms with Crippen molar-refractivity contribution in [3.8, 4) is 0 Å². The van der Waals surface area contributed by atoms with Crippen molar-refractivity contribution in [3.63, 3.8) is 0 Å². The first-order valence-corrected chi connectivity index (χ1v) is 8.15. The molecule has 0 bridgehead atoms. The molecule has 0 aliphatic carbocycles. The molecule has 0 fully saturated rings. The largest absolute Gasteiger partial charge is 0.338 e. The van der Waals surface area contributed by atoms with E-state index in [1.807, 2.05) is 66.7 Å². The van der Waals surface area contributed by atoms with Crippen LogP contribution in [-0.2, 0) is 0 Å². The number of para-hydroxylation sites is 2. The van der Waals surface area contributed by atoms with Gasteiger partial charge in [0, 0.05) is 10.6 Å². The average Bonchev–Trinajstić information content (AvgIpc) is 3.06. The second-order valence-corrected chi connectivity index (χ2v) is 6.01. The molecule has 3 aromatic carbocycles. The van der Waals surface area contributed by atoms with Gasteiger partial charge >= 0.3 is 0 Å². The lowest BCUT2D eigenvalue weighted by Crippen LogP contribution is -1.90. The first-order valence-electron chi connectivity index (χ1n) is 7.77. The van der Waals surface area contributed by atoms with Crippen molar-refractivity contribution in [3.05, 3.63) is 101 Å². The Kier molecular flexibility index (Phi) is 3.89. The van der Waals surface area contributed by atoms with Crippen LogP contribution in [0.3, 0.4) is 0 Å². The third-order valence-electron chi connectivity index (χ3n) is 3.91. The number of imidazole rings is 1. The van der Waals surface area contributed by atoms with Gasteiger partial charge < -0.3 is 4.98 Å². The van der Waals surface area contributed by atoms with Crippen LogP contribution >= 0.6 is 11.6 Å². The zero-order valence-corrected chi connectivity index (χ0v) is 13.7. The van der Waals surface area contributed by atoms with E-state index < -0.39 is 0 Å². The molecule has 4 rings (SSSR count). The summed E-state index contributed by atoms with van der Waals surface area (Å²) < 4.78 is 0. The third-order valence-corrected chi connectivity index (χ3v) is 4.16. The summed E-state index contributed by atoms with van der Waals surface area (Å²) in [6, 6.07) is 26.1. The van der Waals surface area contributed by atoms with E-state index in [-0.39, 0.29) is 0 Å². The fourth-order valence-electron chi connectivity index (χ4n) is 2.71. The smallest absolute Gasteiger partial charge is 0.139 e. The van der Waals surface area contributed by atoms with Crippen LogP contribution in [-0.4, -0.2) is 9.97 Å². The lowest BCUT2D eigenvalue weighted by atomic mass is 10.0. The minimum absolute atomic E-state index is 0.733. The molecule has 116 valence electrons. The first kappa shape index (κ1) is 14.7. The van der Waals surface area contributed by atoms with Gasteiger partial charge in [-0.3, -0.25) is 0 Å². The van der Waals surface area contributed by atoms with E-state index in [4.69, 9.17) is 16.6 Å². The van der Waals surface area contributed by atoms with Crippen molar-refractivity contribution in [1.82, 2.24) is 9.97 Å². The number of aromatic nitrogens is 2. The van der Waals surface area contributed by atoms with Gasteiger partial charge in [-0.2, -0.15) is 0 Å². The Morgan fingerprint density at radius 1 is 0.833 bits per heavy atom. The van der Waals surface area contributed by atoms with Gasteiger partial charge in [0.25, 0.3) is 0 Å². The van der Waals surface area contributed by atoms with Gasteiger partial charge in [0.05, 0.1) is 11.0 Å². The zero-order chi connectivity index (χ0) is 16.4. The second kappa shape index (κ2) is 6.34. The summed E-state index contributed by atoms with van der Waals surface area (Å²) in [6.07, 6.45) is 2.13. The number of rotatable bonds is 3. The van der Waals surface area contributed by atoms with Gasteiger partial charge in [0.2, 0.25) is 0 Å². The van der Waals surface area contributed by atoms with E-state index in [0.29, 0.717) is 0 Å². The highest BCUT2D eigenvalue weighted by Gasteiger charge is 2.10. The molecule has 0 saturated carbocycles. The Morgan fingerprint density at radius 3 is 2.29 bits per heavy atom. The molecule has 0 spiro atoms. The topological polar surface area (TPSA) is 28.7 Å². The molecule has 24 heavy (non-hydrogen) atoms. The van der Waals surface area contributed by atoms with Crippen molar-refractivity contribution in [2.75, 3.05) is 0 Å². The summed E-state index contributed by atoms with van der Waals surface area (Å²) >= 11 is 6.00. The summed E-state index contributed by atoms with van der Waals surface area (Å²) in [5.41, 5.74) is 5.25. The number of aromatic amines is 1. The van der Waals surface area contributed by atoms with Crippen molar-refractivity contribution >= 4 is 34.3 Å². The molecule has 2 nitrogen and oxygen atoms in total. The molecule has 1 heterocycles. The standard InChI is InChI=1S/C21H15ClN2/c22-17-12-10-15(11-13-17)14-18(16-6-2-1-3-7-16)21-23-19-8-4-5-9-20(19)24-21/h1-14H,(H,23,24)/b18-14-. The van der Waals surface area contributed by atoms with E-state index >= 15 is 0 Å². The van der Waals surface area contributed by atoms with E-state index in [9.17, 15) is 0 Å². The molecular formula is C21H15ClN2. The zero-order valence-electron chi connectivity index (χ0n) is 12.9. The molecule has 0 atom stereocenters. The van der Waals surface area contributed by atoms with Crippen LogP contribution in [0, 0.1) is 0 Å². The minimum Gasteiger partial charge on any atom is -0.338 e. The Labute approximate surface area is 145 Å². The van der Waals surface area contributed by atoms with Crippen LogP contribution in [0.15, 0.2) is 78.9 Å². The van der Waals surface area contributed by atoms with Crippen molar-refractivity contribution < 1.29 is 0 Å². The molecule has 1 aromatic heterocycles. The van der Waals surface area contributed by atoms with E-state index in [0.717, 1.165) is 38.6 Å². The van der Waals surface area contributed by atoms with Gasteiger partial charge in [-0.1, -0.05) is 66.2 Å². The highest BCUT2D eigenvalue weighted by Crippen LogP contribution is 2.26. The highest BCUT2D eigenvalue weighted by molar-refractivity contribution is 6.30. The fraction of sp³-hybridized carbons (Fsp3) is 0. The molecule has 1 N–H and O–H groups in total. The highest BCUT2D eigenvalue weighted by atomic mass is 35.5. The number of benzene rings is 3. The van der Waals surface area contributed by atoms with Gasteiger partial charge in [-0.15, -0.1) is 0 Å². The Bertz CT molecular complexity index is 966. The van der Waals surface area contributed by atoms with Gasteiger partial charge in [0.15, 0.2) is 0 Å². The molecule has 0 amide bonds. The second-order valence-electron chi connectivity index (χ2n) is 5.58. The number of hydrogen-bond acceptors (Lipinski definition) is 1. The summed E-state index contributed by atoms with van der Waals surface area (Å²) in [4.78, 5) is 8.17. The fourth-order valence-corrected chi connectivity index (χ4v) is 2.84. The van der Waals surface area contributed by atoms with Crippen LogP contribution in [0.1, 0.15) is 17.0 Å². The average molecular weight is 331 g/mol. The maximum Gasteiger partial charge on any atom is 0.139 e. The van der Waals surface area contributed by atoms with Crippen LogP contribution in [0.4, 0.5) is 0 Å². The Hall–Kier alpha value is -2.84. The van der Waals surface area contributed by atoms with Crippen molar-refractivity contribution in [2.24, 2.45) is 0 Å². The molecule has 3 heteroatoms. The quantitative estimate of drug-likeness (QED) is 0.472. The number of nitrogens with zero attached hydrogens (tertiary/aromatic N) is 1. The summed E-state index contributed by atoms with van der Waals surface area (Å²) in [6.45, 7) is 0. The third kappa shape index (κ3) is 2.97. The monoisotopic (exact) mass is 330 g/mol. The summed E-state index contributed by atoms with van der Waals surface area (Å²) in [5.74, 6) is 0.859. The molecule has 0 aliphatic rings. The van der Waals surface area contributed by atoms with Gasteiger partial charge in [-0.05, 0) is 41.5 Å². The normalized spacial score (nSPS) is 11.8. The van der Waals surface area contributed by atoms with E-state index in [1.54, 1.807) is 0 Å². The van der Waals surface area contributed by atoms with Crippen LogP contribution in [0.25, 0.3) is 22.7 Å². The number of hydrogen-bond donors (Lipinski definition) is 1. The van der Waals surface area contributed by atoms with E-state index in [1.165, 1.54) is 0 Å². The van der Waals surface area contributed by atoms with Crippen LogP contribution in [0.2, 0.25) is 5.02 Å². The Morgan fingerprint density at radius 2 is 1.54 bits per heavy atom. The van der Waals surface area contributed by atoms with Gasteiger partial charge in [0.1, 0.15) is 5.82 Å². The SMILES string of the molecule is Clc1ccc(/C=C(/c2ccccc2)c2nc3ccccc3[nH]2)cc1. The number of H-pyrrole nitrogens is 1. The first-order chi connectivity index (χ1) is 11.8. The van der Waals surface area contributed by atoms with Crippen LogP contribution in [0.5, 0.6) is 0 Å². The molecule has 0 unspecified atom stereocenters. The van der Waals surface area contributed by atoms with Crippen molar-refractivity contribution in [1.29, 1.82) is 0 Å². The number of fused-ring (bicyclic) bond motifs is 1. The number of nitrogens with one attached hydrogen (secondary N) is 1. The molecule has 0 radical (unpaired) electrons. The van der Waals surface area contributed by atoms with E-state index in [2.05, 4.69) is 23.2 Å². The maximum atomic E-state index is 6.00. The Balaban J connectivity index is 1.88. The molecule has 0 aliphatic heterocycles. The minimum atomic E-state index is 0.733. The lowest BCUT2D eigenvalue weighted by Gasteiger charge is -2.06. The predicted octanol–water partition coefficient (Wildman–Crippen LogP) is 5.81.